The number of hydrogen-bond acceptors (Lipinski definition) is 4. The van der Waals surface area contributed by atoms with Gasteiger partial charge in [-0.2, -0.15) is 0 Å². The Hall–Kier alpha value is -2.37. The average molecular weight is 484 g/mol. The Labute approximate surface area is 211 Å². The lowest BCUT2D eigenvalue weighted by atomic mass is 10.0. The SMILES string of the molecule is CCCCCCCCCCCCCCCCNc1cccc2c1CN(C1CCC(=O)NC1=O)C2=O. The first-order valence-corrected chi connectivity index (χ1v) is 14.1. The van der Waals surface area contributed by atoms with E-state index in [-0.39, 0.29) is 24.1 Å². The van der Waals surface area contributed by atoms with Crippen LogP contribution in [0.5, 0.6) is 0 Å². The van der Waals surface area contributed by atoms with Gasteiger partial charge in [0.15, 0.2) is 0 Å². The van der Waals surface area contributed by atoms with E-state index in [0.29, 0.717) is 18.5 Å². The van der Waals surface area contributed by atoms with Crippen LogP contribution in [-0.2, 0) is 16.1 Å². The number of fused-ring (bicyclic) bond motifs is 1. The van der Waals surface area contributed by atoms with E-state index in [1.54, 1.807) is 4.90 Å². The Morgan fingerprint density at radius 1 is 0.857 bits per heavy atom. The molecule has 3 amide bonds. The monoisotopic (exact) mass is 483 g/mol. The van der Waals surface area contributed by atoms with Crippen LogP contribution >= 0.6 is 0 Å². The number of carbonyl (C=O) groups is 3. The van der Waals surface area contributed by atoms with Crippen molar-refractivity contribution in [2.75, 3.05) is 11.9 Å². The van der Waals surface area contributed by atoms with Crippen LogP contribution < -0.4 is 10.6 Å². The molecule has 2 N–H and O–H groups in total. The van der Waals surface area contributed by atoms with Gasteiger partial charge in [0.25, 0.3) is 5.91 Å². The van der Waals surface area contributed by atoms with E-state index in [2.05, 4.69) is 17.6 Å². The van der Waals surface area contributed by atoms with Gasteiger partial charge in [0.1, 0.15) is 6.04 Å². The topological polar surface area (TPSA) is 78.5 Å². The normalized spacial score (nSPS) is 17.6. The van der Waals surface area contributed by atoms with E-state index in [0.717, 1.165) is 24.2 Å². The van der Waals surface area contributed by atoms with E-state index in [1.807, 2.05) is 18.2 Å². The molecule has 0 radical (unpaired) electrons. The first-order chi connectivity index (χ1) is 17.1. The van der Waals surface area contributed by atoms with Gasteiger partial charge < -0.3 is 10.2 Å². The second-order valence-electron chi connectivity index (χ2n) is 10.3. The Bertz CT molecular complexity index is 838. The Morgan fingerprint density at radius 2 is 1.46 bits per heavy atom. The molecular weight excluding hydrogens is 438 g/mol. The molecular formula is C29H45N3O3. The summed E-state index contributed by atoms with van der Waals surface area (Å²) in [4.78, 5) is 38.3. The van der Waals surface area contributed by atoms with Crippen molar-refractivity contribution >= 4 is 23.4 Å². The summed E-state index contributed by atoms with van der Waals surface area (Å²) in [5, 5.41) is 5.88. The molecule has 0 bridgehead atoms. The average Bonchev–Trinajstić information content (AvgIpc) is 3.18. The molecule has 6 heteroatoms. The van der Waals surface area contributed by atoms with Crippen LogP contribution in [0, 0.1) is 0 Å². The second-order valence-corrected chi connectivity index (χ2v) is 10.3. The fraction of sp³-hybridized carbons (Fsp3) is 0.690. The second kappa shape index (κ2) is 14.9. The Morgan fingerprint density at radius 3 is 2.06 bits per heavy atom. The van der Waals surface area contributed by atoms with Gasteiger partial charge in [0, 0.05) is 36.3 Å². The van der Waals surface area contributed by atoms with Crippen molar-refractivity contribution in [1.29, 1.82) is 0 Å². The quantitative estimate of drug-likeness (QED) is 0.200. The molecule has 0 aliphatic carbocycles. The van der Waals surface area contributed by atoms with Crippen LogP contribution in [0.25, 0.3) is 0 Å². The minimum absolute atomic E-state index is 0.116. The van der Waals surface area contributed by atoms with Gasteiger partial charge >= 0.3 is 0 Å². The molecule has 1 unspecified atom stereocenters. The predicted molar refractivity (Wildman–Crippen MR) is 141 cm³/mol. The molecule has 0 spiro atoms. The molecule has 1 atom stereocenters. The molecule has 35 heavy (non-hydrogen) atoms. The van der Waals surface area contributed by atoms with E-state index < -0.39 is 6.04 Å². The molecule has 0 saturated carbocycles. The highest BCUT2D eigenvalue weighted by Gasteiger charge is 2.39. The maximum atomic E-state index is 12.9. The van der Waals surface area contributed by atoms with Crippen LogP contribution in [0.2, 0.25) is 0 Å². The highest BCUT2D eigenvalue weighted by atomic mass is 16.2. The molecule has 2 heterocycles. The largest absolute Gasteiger partial charge is 0.385 e. The van der Waals surface area contributed by atoms with Gasteiger partial charge in [-0.3, -0.25) is 19.7 Å². The van der Waals surface area contributed by atoms with Gasteiger partial charge in [-0.1, -0.05) is 96.5 Å². The Kier molecular flexibility index (Phi) is 11.6. The molecule has 1 aromatic rings. The smallest absolute Gasteiger partial charge is 0.255 e. The number of anilines is 1. The summed E-state index contributed by atoms with van der Waals surface area (Å²) in [5.41, 5.74) is 2.62. The van der Waals surface area contributed by atoms with Gasteiger partial charge in [0.2, 0.25) is 11.8 Å². The van der Waals surface area contributed by atoms with Crippen LogP contribution in [0.4, 0.5) is 5.69 Å². The number of nitrogens with one attached hydrogen (secondary N) is 2. The van der Waals surface area contributed by atoms with Gasteiger partial charge in [-0.15, -0.1) is 0 Å². The summed E-state index contributed by atoms with van der Waals surface area (Å²) < 4.78 is 0. The molecule has 6 nitrogen and oxygen atoms in total. The zero-order chi connectivity index (χ0) is 24.9. The summed E-state index contributed by atoms with van der Waals surface area (Å²) in [6.07, 6.45) is 19.5. The number of nitrogens with zero attached hydrogens (tertiary/aromatic N) is 1. The van der Waals surface area contributed by atoms with E-state index >= 15 is 0 Å². The molecule has 194 valence electrons. The maximum absolute atomic E-state index is 12.9. The van der Waals surface area contributed by atoms with Crippen molar-refractivity contribution in [1.82, 2.24) is 10.2 Å². The van der Waals surface area contributed by atoms with Crippen LogP contribution in [0.3, 0.4) is 0 Å². The fourth-order valence-corrected chi connectivity index (χ4v) is 5.29. The number of rotatable bonds is 17. The lowest BCUT2D eigenvalue weighted by molar-refractivity contribution is -0.136. The van der Waals surface area contributed by atoms with E-state index in [9.17, 15) is 14.4 Å². The molecule has 1 aromatic carbocycles. The third-order valence-electron chi connectivity index (χ3n) is 7.43. The summed E-state index contributed by atoms with van der Waals surface area (Å²) in [7, 11) is 0. The van der Waals surface area contributed by atoms with Crippen molar-refractivity contribution in [3.63, 3.8) is 0 Å². The Balaban J connectivity index is 1.27. The van der Waals surface area contributed by atoms with Crippen molar-refractivity contribution in [2.24, 2.45) is 0 Å². The lowest BCUT2D eigenvalue weighted by Gasteiger charge is -2.29. The number of benzene rings is 1. The standard InChI is InChI=1S/C29H45N3O3/c1-2-3-4-5-6-7-8-9-10-11-12-13-14-15-21-30-25-18-16-17-23-24(25)22-32(29(23)35)26-19-20-27(33)31-28(26)34/h16-18,26,30H,2-15,19-22H2,1H3,(H,31,33,34). The maximum Gasteiger partial charge on any atom is 0.255 e. The highest BCUT2D eigenvalue weighted by Crippen LogP contribution is 2.32. The third kappa shape index (κ3) is 8.36. The van der Waals surface area contributed by atoms with Crippen LogP contribution in [-0.4, -0.2) is 35.2 Å². The summed E-state index contributed by atoms with van der Waals surface area (Å²) in [5.74, 6) is -0.736. The zero-order valence-electron chi connectivity index (χ0n) is 21.7. The fourth-order valence-electron chi connectivity index (χ4n) is 5.29. The van der Waals surface area contributed by atoms with Crippen molar-refractivity contribution in [2.45, 2.75) is 122 Å². The highest BCUT2D eigenvalue weighted by molar-refractivity contribution is 6.06. The molecule has 3 rings (SSSR count). The number of amides is 3. The van der Waals surface area contributed by atoms with Gasteiger partial charge in [-0.05, 0) is 25.0 Å². The lowest BCUT2D eigenvalue weighted by Crippen LogP contribution is -2.52. The number of imide groups is 1. The molecule has 2 aliphatic rings. The first-order valence-electron chi connectivity index (χ1n) is 14.1. The van der Waals surface area contributed by atoms with Crippen molar-refractivity contribution in [3.8, 4) is 0 Å². The van der Waals surface area contributed by atoms with E-state index in [1.165, 1.54) is 83.5 Å². The van der Waals surface area contributed by atoms with Crippen LogP contribution in [0.1, 0.15) is 126 Å². The first kappa shape index (κ1) is 27.2. The molecule has 0 aromatic heterocycles. The van der Waals surface area contributed by atoms with Crippen molar-refractivity contribution in [3.05, 3.63) is 29.3 Å². The predicted octanol–water partition coefficient (Wildman–Crippen LogP) is 6.34. The van der Waals surface area contributed by atoms with Gasteiger partial charge in [0.05, 0.1) is 0 Å². The minimum Gasteiger partial charge on any atom is -0.385 e. The van der Waals surface area contributed by atoms with Crippen LogP contribution in [0.15, 0.2) is 18.2 Å². The molecule has 1 fully saturated rings. The summed E-state index contributed by atoms with van der Waals surface area (Å²) in [6.45, 7) is 3.58. The summed E-state index contributed by atoms with van der Waals surface area (Å²) >= 11 is 0. The molecule has 2 aliphatic heterocycles. The third-order valence-corrected chi connectivity index (χ3v) is 7.43. The number of carbonyl (C=O) groups excluding carboxylic acids is 3. The number of unbranched alkanes of at least 4 members (excludes halogenated alkanes) is 13. The summed E-state index contributed by atoms with van der Waals surface area (Å²) in [6, 6.07) is 5.19. The van der Waals surface area contributed by atoms with Crippen molar-refractivity contribution < 1.29 is 14.4 Å². The van der Waals surface area contributed by atoms with Gasteiger partial charge in [-0.25, -0.2) is 0 Å². The van der Waals surface area contributed by atoms with E-state index in [4.69, 9.17) is 0 Å². The number of piperidine rings is 1. The zero-order valence-corrected chi connectivity index (χ0v) is 21.7. The minimum atomic E-state index is -0.564. The number of hydrogen-bond donors (Lipinski definition) is 2. The molecule has 1 saturated heterocycles.